The third-order valence-electron chi connectivity index (χ3n) is 4.03. The molecule has 2 nitrogen and oxygen atoms in total. The topological polar surface area (TPSA) is 21.3 Å². The lowest BCUT2D eigenvalue weighted by Gasteiger charge is -2.16. The summed E-state index contributed by atoms with van der Waals surface area (Å²) >= 11 is 0. The largest absolute Gasteiger partial charge is 0.457 e. The molecule has 0 aromatic heterocycles. The number of hydrogen-bond acceptors (Lipinski definition) is 2. The molecule has 2 aromatic rings. The Bertz CT molecular complexity index is 598. The molecule has 0 radical (unpaired) electrons. The van der Waals surface area contributed by atoms with E-state index in [-0.39, 0.29) is 0 Å². The minimum Gasteiger partial charge on any atom is -0.457 e. The van der Waals surface area contributed by atoms with Gasteiger partial charge in [-0.3, -0.25) is 0 Å². The lowest BCUT2D eigenvalue weighted by atomic mass is 10.0. The third-order valence-corrected chi connectivity index (χ3v) is 4.03. The molecule has 2 aromatic carbocycles. The third kappa shape index (κ3) is 3.64. The first-order valence-electron chi connectivity index (χ1n) is 7.58. The van der Waals surface area contributed by atoms with Gasteiger partial charge in [-0.05, 0) is 74.7 Å². The van der Waals surface area contributed by atoms with Crippen LogP contribution in [-0.4, -0.2) is 7.05 Å². The summed E-state index contributed by atoms with van der Waals surface area (Å²) in [6.07, 6.45) is 1.08. The molecule has 0 bridgehead atoms. The predicted octanol–water partition coefficient (Wildman–Crippen LogP) is 5.07. The van der Waals surface area contributed by atoms with Gasteiger partial charge in [0.25, 0.3) is 0 Å². The summed E-state index contributed by atoms with van der Waals surface area (Å²) in [4.78, 5) is 0. The van der Waals surface area contributed by atoms with Crippen molar-refractivity contribution in [1.29, 1.82) is 0 Å². The number of benzene rings is 2. The maximum atomic E-state index is 6.05. The molecule has 0 amide bonds. The van der Waals surface area contributed by atoms with Crippen LogP contribution in [0.25, 0.3) is 0 Å². The number of nitrogens with one attached hydrogen (secondary N) is 1. The zero-order chi connectivity index (χ0) is 15.4. The molecule has 112 valence electrons. The first kappa shape index (κ1) is 15.6. The van der Waals surface area contributed by atoms with Gasteiger partial charge in [-0.15, -0.1) is 0 Å². The van der Waals surface area contributed by atoms with Gasteiger partial charge in [-0.1, -0.05) is 25.1 Å². The first-order chi connectivity index (χ1) is 10.0. The van der Waals surface area contributed by atoms with Crippen LogP contribution >= 0.6 is 0 Å². The van der Waals surface area contributed by atoms with E-state index in [0.717, 1.165) is 17.9 Å². The van der Waals surface area contributed by atoms with Crippen LogP contribution in [0.15, 0.2) is 36.4 Å². The summed E-state index contributed by atoms with van der Waals surface area (Å²) < 4.78 is 6.05. The molecular formula is C19H25NO. The van der Waals surface area contributed by atoms with Crippen molar-refractivity contribution in [2.75, 3.05) is 7.05 Å². The van der Waals surface area contributed by atoms with E-state index in [1.54, 1.807) is 0 Å². The van der Waals surface area contributed by atoms with Crippen LogP contribution in [0.4, 0.5) is 0 Å². The van der Waals surface area contributed by atoms with Gasteiger partial charge in [-0.2, -0.15) is 0 Å². The molecule has 1 atom stereocenters. The molecular weight excluding hydrogens is 258 g/mol. The van der Waals surface area contributed by atoms with Crippen LogP contribution in [0.1, 0.15) is 41.6 Å². The van der Waals surface area contributed by atoms with Crippen molar-refractivity contribution < 1.29 is 4.74 Å². The van der Waals surface area contributed by atoms with Crippen molar-refractivity contribution in [2.45, 2.75) is 40.2 Å². The van der Waals surface area contributed by atoms with Gasteiger partial charge < -0.3 is 10.1 Å². The Hall–Kier alpha value is -1.80. The number of hydrogen-bond donors (Lipinski definition) is 1. The number of ether oxygens (including phenoxy) is 1. The average molecular weight is 283 g/mol. The quantitative estimate of drug-likeness (QED) is 0.826. The molecule has 0 heterocycles. The Morgan fingerprint density at radius 2 is 1.71 bits per heavy atom. The van der Waals surface area contributed by atoms with Crippen LogP contribution in [0.2, 0.25) is 0 Å². The SMILES string of the molecule is CCC(NC)c1ccc(Oc2cc(C)cc(C)c2C)cc1. The number of rotatable bonds is 5. The second-order valence-corrected chi connectivity index (χ2v) is 5.63. The van der Waals surface area contributed by atoms with Crippen molar-refractivity contribution in [3.8, 4) is 11.5 Å². The van der Waals surface area contributed by atoms with Crippen LogP contribution in [0, 0.1) is 20.8 Å². The predicted molar refractivity (Wildman–Crippen MR) is 89.3 cm³/mol. The second-order valence-electron chi connectivity index (χ2n) is 5.63. The van der Waals surface area contributed by atoms with E-state index in [2.05, 4.69) is 57.3 Å². The van der Waals surface area contributed by atoms with E-state index < -0.39 is 0 Å². The standard InChI is InChI=1S/C19H25NO/c1-6-18(20-5)16-7-9-17(10-8-16)21-19-12-13(2)11-14(3)15(19)4/h7-12,18,20H,6H2,1-5H3. The molecule has 21 heavy (non-hydrogen) atoms. The Morgan fingerprint density at radius 3 is 2.29 bits per heavy atom. The first-order valence-corrected chi connectivity index (χ1v) is 7.58. The molecule has 0 aliphatic heterocycles. The molecule has 1 unspecified atom stereocenters. The fourth-order valence-corrected chi connectivity index (χ4v) is 2.61. The average Bonchev–Trinajstić information content (AvgIpc) is 2.47. The van der Waals surface area contributed by atoms with Gasteiger partial charge in [0.1, 0.15) is 11.5 Å². The smallest absolute Gasteiger partial charge is 0.130 e. The zero-order valence-electron chi connectivity index (χ0n) is 13.7. The van der Waals surface area contributed by atoms with E-state index in [0.29, 0.717) is 6.04 Å². The van der Waals surface area contributed by atoms with Gasteiger partial charge in [0.2, 0.25) is 0 Å². The minimum absolute atomic E-state index is 0.405. The summed E-state index contributed by atoms with van der Waals surface area (Å²) in [5.74, 6) is 1.83. The molecule has 0 saturated carbocycles. The fourth-order valence-electron chi connectivity index (χ4n) is 2.61. The summed E-state index contributed by atoms with van der Waals surface area (Å²) in [6.45, 7) is 8.51. The minimum atomic E-state index is 0.405. The van der Waals surface area contributed by atoms with Gasteiger partial charge in [0.05, 0.1) is 0 Å². The molecule has 0 spiro atoms. The van der Waals surface area contributed by atoms with Crippen molar-refractivity contribution in [3.63, 3.8) is 0 Å². The Kier molecular flexibility index (Phi) is 5.03. The molecule has 0 aliphatic rings. The van der Waals surface area contributed by atoms with Gasteiger partial charge in [-0.25, -0.2) is 0 Å². The molecule has 0 aliphatic carbocycles. The fraction of sp³-hybridized carbons (Fsp3) is 0.368. The maximum absolute atomic E-state index is 6.05. The molecule has 0 fully saturated rings. The monoisotopic (exact) mass is 283 g/mol. The van der Waals surface area contributed by atoms with E-state index >= 15 is 0 Å². The van der Waals surface area contributed by atoms with Crippen molar-refractivity contribution in [3.05, 3.63) is 58.7 Å². The second kappa shape index (κ2) is 6.77. The Balaban J connectivity index is 2.21. The zero-order valence-corrected chi connectivity index (χ0v) is 13.7. The van der Waals surface area contributed by atoms with E-state index in [9.17, 15) is 0 Å². The summed E-state index contributed by atoms with van der Waals surface area (Å²) in [5, 5.41) is 3.32. The highest BCUT2D eigenvalue weighted by Crippen LogP contribution is 2.29. The molecule has 2 heteroatoms. The Labute approximate surface area is 128 Å². The van der Waals surface area contributed by atoms with E-state index in [4.69, 9.17) is 4.74 Å². The van der Waals surface area contributed by atoms with Gasteiger partial charge in [0, 0.05) is 6.04 Å². The van der Waals surface area contributed by atoms with Crippen molar-refractivity contribution >= 4 is 0 Å². The summed E-state index contributed by atoms with van der Waals surface area (Å²) in [7, 11) is 2.00. The number of aryl methyl sites for hydroxylation is 2. The highest BCUT2D eigenvalue weighted by atomic mass is 16.5. The summed E-state index contributed by atoms with van der Waals surface area (Å²) in [6, 6.07) is 13.1. The van der Waals surface area contributed by atoms with Crippen LogP contribution in [-0.2, 0) is 0 Å². The highest BCUT2D eigenvalue weighted by Gasteiger charge is 2.08. The van der Waals surface area contributed by atoms with Gasteiger partial charge in [0.15, 0.2) is 0 Å². The lowest BCUT2D eigenvalue weighted by molar-refractivity contribution is 0.477. The molecule has 0 saturated heterocycles. The van der Waals surface area contributed by atoms with E-state index in [1.807, 2.05) is 19.2 Å². The van der Waals surface area contributed by atoms with Crippen LogP contribution in [0.3, 0.4) is 0 Å². The normalized spacial score (nSPS) is 12.2. The summed E-state index contributed by atoms with van der Waals surface area (Å²) in [5.41, 5.74) is 4.99. The molecule has 1 N–H and O–H groups in total. The van der Waals surface area contributed by atoms with Crippen LogP contribution < -0.4 is 10.1 Å². The van der Waals surface area contributed by atoms with Crippen LogP contribution in [0.5, 0.6) is 11.5 Å². The Morgan fingerprint density at radius 1 is 1.05 bits per heavy atom. The van der Waals surface area contributed by atoms with Crippen molar-refractivity contribution in [1.82, 2.24) is 5.32 Å². The molecule has 2 rings (SSSR count). The van der Waals surface area contributed by atoms with Gasteiger partial charge >= 0.3 is 0 Å². The van der Waals surface area contributed by atoms with Crippen molar-refractivity contribution in [2.24, 2.45) is 0 Å². The maximum Gasteiger partial charge on any atom is 0.130 e. The van der Waals surface area contributed by atoms with E-state index in [1.165, 1.54) is 22.3 Å². The lowest BCUT2D eigenvalue weighted by Crippen LogP contribution is -2.14. The highest BCUT2D eigenvalue weighted by molar-refractivity contribution is 5.44.